The molecule has 0 saturated heterocycles. The predicted octanol–water partition coefficient (Wildman–Crippen LogP) is 2.79. The number of ether oxygens (including phenoxy) is 1. The summed E-state index contributed by atoms with van der Waals surface area (Å²) in [7, 11) is 1.66. The van der Waals surface area contributed by atoms with Gasteiger partial charge in [-0.15, -0.1) is 0 Å². The van der Waals surface area contributed by atoms with Crippen LogP contribution in [0.2, 0.25) is 0 Å². The van der Waals surface area contributed by atoms with Crippen molar-refractivity contribution in [2.45, 2.75) is 0 Å². The van der Waals surface area contributed by atoms with Crippen molar-refractivity contribution in [3.05, 3.63) is 60.2 Å². The number of hydrogen-bond acceptors (Lipinski definition) is 3. The van der Waals surface area contributed by atoms with Gasteiger partial charge in [-0.2, -0.15) is 0 Å². The number of carboxylic acids is 1. The van der Waals surface area contributed by atoms with Crippen LogP contribution in [0.15, 0.2) is 54.6 Å². The molecule has 0 aliphatic carbocycles. The zero-order valence-corrected chi connectivity index (χ0v) is 9.91. The second-order valence-electron chi connectivity index (χ2n) is 3.34. The minimum atomic E-state index is -1.11. The molecule has 4 nitrogen and oxygen atoms in total. The van der Waals surface area contributed by atoms with Crippen molar-refractivity contribution in [1.82, 2.24) is 0 Å². The maximum absolute atomic E-state index is 10.3. The standard InChI is InChI=1S/C7H6O3.C7H8O/c8-6-4-2-1-3-5(6)7(9)10;1-8-7-5-3-2-4-6-7/h1-4,8H,(H,9,10);2-6H,1H3. The molecule has 0 aliphatic rings. The molecule has 0 heterocycles. The van der Waals surface area contributed by atoms with Gasteiger partial charge in [-0.3, -0.25) is 0 Å². The minimum Gasteiger partial charge on any atom is -0.507 e. The average Bonchev–Trinajstić information content (AvgIpc) is 2.40. The number of methoxy groups -OCH3 is 1. The van der Waals surface area contributed by atoms with E-state index < -0.39 is 5.97 Å². The van der Waals surface area contributed by atoms with Crippen LogP contribution in [0.4, 0.5) is 0 Å². The number of carbonyl (C=O) groups is 1. The normalized spacial score (nSPS) is 8.94. The van der Waals surface area contributed by atoms with Crippen LogP contribution in [0.5, 0.6) is 11.5 Å². The van der Waals surface area contributed by atoms with E-state index in [2.05, 4.69) is 0 Å². The SMILES string of the molecule is COc1ccccc1.O=C(O)c1ccccc1O. The lowest BCUT2D eigenvalue weighted by atomic mass is 10.2. The number of aromatic carboxylic acids is 1. The number of carboxylic acid groups (broad SMARTS) is 1. The van der Waals surface area contributed by atoms with E-state index in [1.165, 1.54) is 12.1 Å². The summed E-state index contributed by atoms with van der Waals surface area (Å²) in [5.41, 5.74) is -0.0671. The van der Waals surface area contributed by atoms with Gasteiger partial charge in [-0.05, 0) is 24.3 Å². The van der Waals surface area contributed by atoms with Crippen molar-refractivity contribution in [2.75, 3.05) is 7.11 Å². The lowest BCUT2D eigenvalue weighted by Gasteiger charge is -1.95. The van der Waals surface area contributed by atoms with Crippen LogP contribution < -0.4 is 4.74 Å². The first-order chi connectivity index (χ1) is 8.65. The van der Waals surface area contributed by atoms with E-state index in [-0.39, 0.29) is 11.3 Å². The molecule has 0 radical (unpaired) electrons. The third-order valence-electron chi connectivity index (χ3n) is 2.11. The molecule has 2 rings (SSSR count). The molecule has 0 aliphatic heterocycles. The van der Waals surface area contributed by atoms with Crippen molar-refractivity contribution >= 4 is 5.97 Å². The largest absolute Gasteiger partial charge is 0.507 e. The van der Waals surface area contributed by atoms with E-state index in [0.29, 0.717) is 0 Å². The molecule has 2 N–H and O–H groups in total. The van der Waals surface area contributed by atoms with Gasteiger partial charge in [0.1, 0.15) is 17.1 Å². The predicted molar refractivity (Wildman–Crippen MR) is 68.1 cm³/mol. The molecule has 0 saturated carbocycles. The van der Waals surface area contributed by atoms with E-state index in [4.69, 9.17) is 14.9 Å². The van der Waals surface area contributed by atoms with Gasteiger partial charge in [-0.25, -0.2) is 4.79 Å². The fraction of sp³-hybridized carbons (Fsp3) is 0.0714. The summed E-state index contributed by atoms with van der Waals surface area (Å²) >= 11 is 0. The molecule has 0 unspecified atom stereocenters. The quantitative estimate of drug-likeness (QED) is 0.855. The van der Waals surface area contributed by atoms with Crippen LogP contribution in [0.25, 0.3) is 0 Å². The Hall–Kier alpha value is -2.49. The first kappa shape index (κ1) is 13.6. The number of para-hydroxylation sites is 2. The molecule has 2 aromatic rings. The van der Waals surface area contributed by atoms with E-state index in [9.17, 15) is 4.79 Å². The number of aromatic hydroxyl groups is 1. The molecular formula is C14H14O4. The fourth-order valence-electron chi connectivity index (χ4n) is 1.21. The van der Waals surface area contributed by atoms with Crippen molar-refractivity contribution in [3.63, 3.8) is 0 Å². The average molecular weight is 246 g/mol. The molecule has 4 heteroatoms. The number of hydrogen-bond donors (Lipinski definition) is 2. The Morgan fingerprint density at radius 1 is 1.00 bits per heavy atom. The summed E-state index contributed by atoms with van der Waals surface area (Å²) in [5.74, 6) is -0.402. The topological polar surface area (TPSA) is 66.8 Å². The molecule has 0 amide bonds. The monoisotopic (exact) mass is 246 g/mol. The van der Waals surface area contributed by atoms with Crippen LogP contribution >= 0.6 is 0 Å². The third kappa shape index (κ3) is 4.17. The summed E-state index contributed by atoms with van der Waals surface area (Å²) in [6.07, 6.45) is 0. The van der Waals surface area contributed by atoms with Gasteiger partial charge in [-0.1, -0.05) is 30.3 Å². The zero-order chi connectivity index (χ0) is 13.4. The Balaban J connectivity index is 0.000000184. The maximum atomic E-state index is 10.3. The summed E-state index contributed by atoms with van der Waals surface area (Å²) in [4.78, 5) is 10.3. The minimum absolute atomic E-state index is 0.0671. The van der Waals surface area contributed by atoms with Crippen LogP contribution in [0.1, 0.15) is 10.4 Å². The maximum Gasteiger partial charge on any atom is 0.339 e. The van der Waals surface area contributed by atoms with Crippen molar-refractivity contribution in [2.24, 2.45) is 0 Å². The molecule has 0 bridgehead atoms. The van der Waals surface area contributed by atoms with Crippen LogP contribution in [0, 0.1) is 0 Å². The smallest absolute Gasteiger partial charge is 0.339 e. The van der Waals surface area contributed by atoms with Gasteiger partial charge in [0.25, 0.3) is 0 Å². The third-order valence-corrected chi connectivity index (χ3v) is 2.11. The lowest BCUT2D eigenvalue weighted by molar-refractivity contribution is 0.0694. The molecule has 0 spiro atoms. The molecule has 0 fully saturated rings. The van der Waals surface area contributed by atoms with E-state index in [1.807, 2.05) is 30.3 Å². The molecule has 94 valence electrons. The van der Waals surface area contributed by atoms with Gasteiger partial charge >= 0.3 is 5.97 Å². The van der Waals surface area contributed by atoms with E-state index in [0.717, 1.165) is 5.75 Å². The molecule has 0 aromatic heterocycles. The highest BCUT2D eigenvalue weighted by Gasteiger charge is 2.05. The highest BCUT2D eigenvalue weighted by Crippen LogP contribution is 2.14. The summed E-state index contributed by atoms with van der Waals surface area (Å²) < 4.78 is 4.91. The lowest BCUT2D eigenvalue weighted by Crippen LogP contribution is -1.95. The first-order valence-corrected chi connectivity index (χ1v) is 5.25. The van der Waals surface area contributed by atoms with Gasteiger partial charge in [0.15, 0.2) is 0 Å². The Kier molecular flexibility index (Phi) is 5.25. The molecule has 0 atom stereocenters. The van der Waals surface area contributed by atoms with Crippen LogP contribution in [0.3, 0.4) is 0 Å². The Labute approximate surface area is 105 Å². The fourth-order valence-corrected chi connectivity index (χ4v) is 1.21. The van der Waals surface area contributed by atoms with Gasteiger partial charge in [0, 0.05) is 0 Å². The summed E-state index contributed by atoms with van der Waals surface area (Å²) in [6.45, 7) is 0. The van der Waals surface area contributed by atoms with Crippen molar-refractivity contribution in [1.29, 1.82) is 0 Å². The molecular weight excluding hydrogens is 232 g/mol. The van der Waals surface area contributed by atoms with Crippen molar-refractivity contribution in [3.8, 4) is 11.5 Å². The Morgan fingerprint density at radius 3 is 1.94 bits per heavy atom. The number of rotatable bonds is 2. The van der Waals surface area contributed by atoms with Crippen LogP contribution in [-0.2, 0) is 0 Å². The Morgan fingerprint density at radius 2 is 1.56 bits per heavy atom. The zero-order valence-electron chi connectivity index (χ0n) is 9.91. The van der Waals surface area contributed by atoms with E-state index >= 15 is 0 Å². The van der Waals surface area contributed by atoms with Gasteiger partial charge in [0.2, 0.25) is 0 Å². The summed E-state index contributed by atoms with van der Waals surface area (Å²) in [5, 5.41) is 17.3. The molecule has 2 aromatic carbocycles. The highest BCUT2D eigenvalue weighted by atomic mass is 16.5. The second-order valence-corrected chi connectivity index (χ2v) is 3.34. The Bertz CT molecular complexity index is 494. The summed E-state index contributed by atoms with van der Waals surface area (Å²) in [6, 6.07) is 15.5. The van der Waals surface area contributed by atoms with Gasteiger partial charge < -0.3 is 14.9 Å². The first-order valence-electron chi connectivity index (χ1n) is 5.25. The number of phenols is 1. The highest BCUT2D eigenvalue weighted by molar-refractivity contribution is 5.90. The van der Waals surface area contributed by atoms with Gasteiger partial charge in [0.05, 0.1) is 7.11 Å². The molecule has 18 heavy (non-hydrogen) atoms. The second kappa shape index (κ2) is 6.96. The number of benzene rings is 2. The van der Waals surface area contributed by atoms with Crippen molar-refractivity contribution < 1.29 is 19.7 Å². The van der Waals surface area contributed by atoms with E-state index in [1.54, 1.807) is 19.2 Å². The van der Waals surface area contributed by atoms with Crippen LogP contribution in [-0.4, -0.2) is 23.3 Å².